The molecule has 0 saturated heterocycles. The van der Waals surface area contributed by atoms with Gasteiger partial charge in [0, 0.05) is 29.1 Å². The number of esters is 2. The summed E-state index contributed by atoms with van der Waals surface area (Å²) in [4.78, 5) is 42.4. The van der Waals surface area contributed by atoms with Crippen LogP contribution in [0.5, 0.6) is 0 Å². The molecule has 0 fully saturated rings. The summed E-state index contributed by atoms with van der Waals surface area (Å²) < 4.78 is 9.81. The Hall–Kier alpha value is -4.79. The lowest BCUT2D eigenvalue weighted by Gasteiger charge is -2.08. The molecule has 5 heterocycles. The Morgan fingerprint density at radius 2 is 1.43 bits per heavy atom. The number of nitrogens with zero attached hydrogens (tertiary/aromatic N) is 3. The van der Waals surface area contributed by atoms with Gasteiger partial charge in [0.15, 0.2) is 0 Å². The van der Waals surface area contributed by atoms with Gasteiger partial charge in [0.25, 0.3) is 0 Å². The summed E-state index contributed by atoms with van der Waals surface area (Å²) in [5.41, 5.74) is 10.4. The summed E-state index contributed by atoms with van der Waals surface area (Å²) in [6.45, 7) is 7.93. The number of allylic oxidation sites excluding steroid dienone is 9. The number of hydrogen-bond donors (Lipinski definition) is 2. The van der Waals surface area contributed by atoms with Crippen molar-refractivity contribution < 1.29 is 24.2 Å². The van der Waals surface area contributed by atoms with Crippen LogP contribution >= 0.6 is 0 Å². The number of carbonyl (C=O) groups is 2. The predicted molar refractivity (Wildman–Crippen MR) is 163 cm³/mol. The van der Waals surface area contributed by atoms with Crippen molar-refractivity contribution in [1.29, 1.82) is 0 Å². The first-order valence-electron chi connectivity index (χ1n) is 13.8. The maximum absolute atomic E-state index is 12.1. The van der Waals surface area contributed by atoms with Gasteiger partial charge in [-0.25, -0.2) is 15.0 Å². The van der Waals surface area contributed by atoms with E-state index in [2.05, 4.69) is 11.1 Å². The second kappa shape index (κ2) is 11.6. The average molecular weight is 567 g/mol. The molecule has 0 aromatic carbocycles. The number of aryl methyl sites for hydroxylation is 1. The number of methoxy groups -OCH3 is 2. The van der Waals surface area contributed by atoms with Gasteiger partial charge in [-0.2, -0.15) is 0 Å². The highest BCUT2D eigenvalue weighted by atomic mass is 16.5. The molecule has 9 nitrogen and oxygen atoms in total. The molecule has 1 aromatic rings. The van der Waals surface area contributed by atoms with Gasteiger partial charge in [-0.15, -0.1) is 0 Å². The molecule has 8 bridgehead atoms. The minimum atomic E-state index is -0.311. The summed E-state index contributed by atoms with van der Waals surface area (Å²) in [7, 11) is 2.76. The SMILES string of the molecule is COC(=O)CCC1=C(C)C2=NC1=CC1=NC(=CC3=NC(=C(C)/C3=C/O)C=c3cc(C)c([nH]3)=C2)C(C)=C1CCC(=O)OC. The molecule has 0 atom stereocenters. The number of H-pyrrole nitrogens is 1. The van der Waals surface area contributed by atoms with E-state index < -0.39 is 0 Å². The van der Waals surface area contributed by atoms with Crippen molar-refractivity contribution in [3.8, 4) is 0 Å². The highest BCUT2D eigenvalue weighted by molar-refractivity contribution is 6.24. The summed E-state index contributed by atoms with van der Waals surface area (Å²) in [5.74, 6) is -0.605. The lowest BCUT2D eigenvalue weighted by molar-refractivity contribution is -0.141. The van der Waals surface area contributed by atoms with E-state index in [-0.39, 0.29) is 24.8 Å². The van der Waals surface area contributed by atoms with E-state index >= 15 is 0 Å². The van der Waals surface area contributed by atoms with Crippen molar-refractivity contribution in [3.63, 3.8) is 0 Å². The first-order valence-corrected chi connectivity index (χ1v) is 13.8. The van der Waals surface area contributed by atoms with Gasteiger partial charge in [-0.1, -0.05) is 0 Å². The Kier molecular flexibility index (Phi) is 7.93. The van der Waals surface area contributed by atoms with Crippen molar-refractivity contribution in [3.05, 3.63) is 91.3 Å². The van der Waals surface area contributed by atoms with E-state index in [1.165, 1.54) is 14.2 Å². The number of aliphatic imine (C=N–C) groups is 3. The lowest BCUT2D eigenvalue weighted by atomic mass is 9.96. The Morgan fingerprint density at radius 1 is 0.786 bits per heavy atom. The molecule has 0 aliphatic carbocycles. The number of aromatic amines is 1. The third kappa shape index (κ3) is 5.42. The highest BCUT2D eigenvalue weighted by Gasteiger charge is 2.27. The standard InChI is InChI=1S/C33H34N4O5/c1-17-11-21-12-26-20(4)24(16-38)31(35-26)14-28-19(3)23(8-10-33(40)42-6)30(37-28)15-29-22(7-9-32(39)41-5)18(2)27(36-29)13-25(17)34-21/h11-16,34,38H,7-10H2,1-6H3/b21-12?,24-16-,25-13?,28-14?,29-15?. The second-order valence-electron chi connectivity index (χ2n) is 10.6. The second-order valence-corrected chi connectivity index (χ2v) is 10.6. The fourth-order valence-electron chi connectivity index (χ4n) is 5.45. The number of aliphatic hydroxyl groups excluding tert-OH is 1. The molecule has 9 heteroatoms. The van der Waals surface area contributed by atoms with Gasteiger partial charge < -0.3 is 19.6 Å². The zero-order valence-electron chi connectivity index (χ0n) is 24.7. The zero-order chi connectivity index (χ0) is 30.1. The largest absolute Gasteiger partial charge is 0.515 e. The van der Waals surface area contributed by atoms with Crippen LogP contribution in [0.15, 0.2) is 90.0 Å². The molecule has 0 unspecified atom stereocenters. The van der Waals surface area contributed by atoms with Gasteiger partial charge in [0.1, 0.15) is 0 Å². The average Bonchev–Trinajstić information content (AvgIpc) is 3.65. The van der Waals surface area contributed by atoms with Crippen LogP contribution in [0.3, 0.4) is 0 Å². The van der Waals surface area contributed by atoms with E-state index in [1.807, 2.05) is 52.0 Å². The van der Waals surface area contributed by atoms with Crippen molar-refractivity contribution >= 4 is 41.2 Å². The normalized spacial score (nSPS) is 18.8. The van der Waals surface area contributed by atoms with Crippen molar-refractivity contribution in [2.75, 3.05) is 14.2 Å². The fourth-order valence-corrected chi connectivity index (χ4v) is 5.45. The van der Waals surface area contributed by atoms with E-state index in [9.17, 15) is 14.7 Å². The number of ether oxygens (including phenoxy) is 2. The molecule has 4 aliphatic heterocycles. The van der Waals surface area contributed by atoms with Gasteiger partial charge >= 0.3 is 11.9 Å². The fraction of sp³-hybridized carbons (Fsp3) is 0.303. The lowest BCUT2D eigenvalue weighted by Crippen LogP contribution is -2.13. The van der Waals surface area contributed by atoms with Gasteiger partial charge in [-0.05, 0) is 104 Å². The summed E-state index contributed by atoms with van der Waals surface area (Å²) in [6.07, 6.45) is 10.1. The van der Waals surface area contributed by atoms with Gasteiger partial charge in [0.2, 0.25) is 0 Å². The molecule has 216 valence electrons. The van der Waals surface area contributed by atoms with Gasteiger partial charge in [0.05, 0.1) is 54.7 Å². The number of fused-ring (bicyclic) bond motifs is 5. The highest BCUT2D eigenvalue weighted by Crippen LogP contribution is 2.35. The minimum absolute atomic E-state index is 0.196. The smallest absolute Gasteiger partial charge is 0.305 e. The maximum Gasteiger partial charge on any atom is 0.305 e. The number of carbonyl (C=O) groups excluding carboxylic acids is 2. The molecular weight excluding hydrogens is 532 g/mol. The summed E-state index contributed by atoms with van der Waals surface area (Å²) in [6, 6.07) is 2.05. The first-order chi connectivity index (χ1) is 20.1. The number of rotatable bonds is 6. The third-order valence-corrected chi connectivity index (χ3v) is 8.02. The van der Waals surface area contributed by atoms with E-state index in [0.717, 1.165) is 61.8 Å². The molecule has 0 amide bonds. The molecule has 0 radical (unpaired) electrons. The van der Waals surface area contributed by atoms with Crippen LogP contribution in [0.25, 0.3) is 12.2 Å². The van der Waals surface area contributed by atoms with E-state index in [1.54, 1.807) is 0 Å². The number of hydrogen-bond acceptors (Lipinski definition) is 8. The Balaban J connectivity index is 1.75. The molecule has 0 spiro atoms. The predicted octanol–water partition coefficient (Wildman–Crippen LogP) is 4.28. The Bertz CT molecular complexity index is 1820. The van der Waals surface area contributed by atoms with Crippen LogP contribution in [0.2, 0.25) is 0 Å². The number of nitrogens with one attached hydrogen (secondary N) is 1. The van der Waals surface area contributed by atoms with E-state index in [0.29, 0.717) is 41.2 Å². The molecule has 0 saturated carbocycles. The first kappa shape index (κ1) is 28.7. The number of aliphatic hydroxyl groups is 1. The van der Waals surface area contributed by atoms with Crippen molar-refractivity contribution in [1.82, 2.24) is 4.98 Å². The minimum Gasteiger partial charge on any atom is -0.515 e. The zero-order valence-corrected chi connectivity index (χ0v) is 24.7. The van der Waals surface area contributed by atoms with Crippen LogP contribution < -0.4 is 10.7 Å². The van der Waals surface area contributed by atoms with Crippen LogP contribution in [-0.4, -0.2) is 53.4 Å². The van der Waals surface area contributed by atoms with Crippen molar-refractivity contribution in [2.45, 2.75) is 53.4 Å². The quantitative estimate of drug-likeness (QED) is 0.393. The third-order valence-electron chi connectivity index (χ3n) is 8.02. The topological polar surface area (TPSA) is 126 Å². The van der Waals surface area contributed by atoms with Crippen molar-refractivity contribution in [2.24, 2.45) is 15.0 Å². The molecule has 1 aromatic heterocycles. The van der Waals surface area contributed by atoms with Gasteiger partial charge in [-0.3, -0.25) is 9.59 Å². The Morgan fingerprint density at radius 3 is 2.10 bits per heavy atom. The molecule has 5 rings (SSSR count). The van der Waals surface area contributed by atoms with E-state index in [4.69, 9.17) is 24.5 Å². The molecular formula is C33H34N4O5. The number of aromatic nitrogens is 1. The van der Waals surface area contributed by atoms with Crippen LogP contribution in [-0.2, 0) is 19.1 Å². The summed E-state index contributed by atoms with van der Waals surface area (Å²) in [5, 5.41) is 11.9. The molecule has 42 heavy (non-hydrogen) atoms. The van der Waals surface area contributed by atoms with Crippen LogP contribution in [0.4, 0.5) is 0 Å². The summed E-state index contributed by atoms with van der Waals surface area (Å²) >= 11 is 0. The van der Waals surface area contributed by atoms with Crippen LogP contribution in [0, 0.1) is 6.92 Å². The van der Waals surface area contributed by atoms with Crippen LogP contribution in [0.1, 0.15) is 52.0 Å². The molecule has 2 N–H and O–H groups in total. The Labute approximate surface area is 244 Å². The molecule has 4 aliphatic rings. The maximum atomic E-state index is 12.1. The monoisotopic (exact) mass is 566 g/mol.